The molecule has 0 aliphatic carbocycles. The zero-order valence-corrected chi connectivity index (χ0v) is 27.5. The average Bonchev–Trinajstić information content (AvgIpc) is 3.59. The highest BCUT2D eigenvalue weighted by atomic mass is 32.1. The monoisotopic (exact) mass is 657 g/mol. The zero-order valence-electron chi connectivity index (χ0n) is 26.7. The van der Waals surface area contributed by atoms with Crippen LogP contribution < -0.4 is 0 Å². The van der Waals surface area contributed by atoms with E-state index in [1.165, 1.54) is 0 Å². The summed E-state index contributed by atoms with van der Waals surface area (Å²) in [7, 11) is 0. The topological polar surface area (TPSA) is 59.0 Å². The van der Waals surface area contributed by atoms with E-state index in [1.807, 2.05) is 91.0 Å². The molecule has 7 heteroatoms. The van der Waals surface area contributed by atoms with E-state index in [2.05, 4.69) is 54.6 Å². The first-order valence-corrected chi connectivity index (χ1v) is 17.2. The molecule has 0 amide bonds. The van der Waals surface area contributed by atoms with Gasteiger partial charge in [-0.15, -0.1) is 11.3 Å². The molecule has 0 saturated carbocycles. The quantitative estimate of drug-likeness (QED) is 0.117. The van der Waals surface area contributed by atoms with Crippen molar-refractivity contribution < 1.29 is 23.7 Å². The summed E-state index contributed by atoms with van der Waals surface area (Å²) in [5, 5.41) is 0.845. The molecule has 1 aliphatic rings. The first kappa shape index (κ1) is 32.3. The van der Waals surface area contributed by atoms with Gasteiger partial charge in [-0.2, -0.15) is 0 Å². The van der Waals surface area contributed by atoms with Gasteiger partial charge < -0.3 is 23.7 Å². The maximum Gasteiger partial charge on any atom is 0.138 e. The molecule has 0 spiro atoms. The summed E-state index contributed by atoms with van der Waals surface area (Å²) in [6.45, 7) is 1.95. The lowest BCUT2D eigenvalue weighted by Crippen LogP contribution is -2.58. The van der Waals surface area contributed by atoms with Crippen LogP contribution >= 0.6 is 11.3 Å². The smallest absolute Gasteiger partial charge is 0.138 e. The number of hydrogen-bond acceptors (Lipinski definition) is 7. The summed E-state index contributed by atoms with van der Waals surface area (Å²) in [6.07, 6.45) is -2.45. The molecule has 2 heterocycles. The molecular formula is C41H39NO5S. The van der Waals surface area contributed by atoms with Crippen LogP contribution in [-0.4, -0.2) is 36.0 Å². The van der Waals surface area contributed by atoms with E-state index >= 15 is 0 Å². The third kappa shape index (κ3) is 8.25. The molecule has 5 atom stereocenters. The number of nitrogens with zero attached hydrogens (tertiary/aromatic N) is 1. The summed E-state index contributed by atoms with van der Waals surface area (Å²) in [4.78, 5) is 5.05. The molecule has 6 aromatic rings. The molecule has 7 rings (SSSR count). The Kier molecular flexibility index (Phi) is 11.0. The van der Waals surface area contributed by atoms with Crippen LogP contribution in [0, 0.1) is 0 Å². The largest absolute Gasteiger partial charge is 0.374 e. The maximum absolute atomic E-state index is 7.02. The van der Waals surface area contributed by atoms with Gasteiger partial charge in [0, 0.05) is 0 Å². The van der Waals surface area contributed by atoms with Crippen molar-refractivity contribution >= 4 is 21.6 Å². The van der Waals surface area contributed by atoms with E-state index in [0.717, 1.165) is 37.5 Å². The first-order valence-electron chi connectivity index (χ1n) is 16.4. The number of rotatable bonds is 14. The standard InChI is InChI=1S/C41H39NO5S/c1-5-15-30(16-6-1)25-43-29-35-37(44-26-31-17-7-2-8-18-31)38(45-27-32-19-9-3-10-20-32)39(46-28-33-21-11-4-12-22-33)40(47-35)41-42-34-23-13-14-24-36(34)48-41/h1-24,35,37-40H,25-29H2/t35-,37-,38+,39+,40-/m1/s1. The number of ether oxygens (including phenoxy) is 5. The average molecular weight is 658 g/mol. The Balaban J connectivity index is 1.24. The Morgan fingerprint density at radius 2 is 0.958 bits per heavy atom. The molecule has 1 saturated heterocycles. The molecule has 0 radical (unpaired) electrons. The van der Waals surface area contributed by atoms with Gasteiger partial charge in [-0.1, -0.05) is 133 Å². The molecular weight excluding hydrogens is 619 g/mol. The van der Waals surface area contributed by atoms with Gasteiger partial charge in [0.1, 0.15) is 35.5 Å². The van der Waals surface area contributed by atoms with Crippen LogP contribution in [0.4, 0.5) is 0 Å². The summed E-state index contributed by atoms with van der Waals surface area (Å²) in [5.41, 5.74) is 5.24. The lowest BCUT2D eigenvalue weighted by molar-refractivity contribution is -0.275. The maximum atomic E-state index is 7.02. The lowest BCUT2D eigenvalue weighted by atomic mass is 9.94. The second-order valence-electron chi connectivity index (χ2n) is 11.9. The van der Waals surface area contributed by atoms with Crippen molar-refractivity contribution in [1.29, 1.82) is 0 Å². The van der Waals surface area contributed by atoms with E-state index in [9.17, 15) is 0 Å². The zero-order chi connectivity index (χ0) is 32.4. The van der Waals surface area contributed by atoms with Crippen molar-refractivity contribution in [2.75, 3.05) is 6.61 Å². The van der Waals surface area contributed by atoms with E-state index < -0.39 is 30.5 Å². The minimum atomic E-state index is -0.513. The molecule has 0 bridgehead atoms. The number of fused-ring (bicyclic) bond motifs is 1. The van der Waals surface area contributed by atoms with Crippen LogP contribution in [0.5, 0.6) is 0 Å². The number of hydrogen-bond donors (Lipinski definition) is 0. The van der Waals surface area contributed by atoms with Gasteiger partial charge in [-0.3, -0.25) is 0 Å². The molecule has 6 nitrogen and oxygen atoms in total. The minimum Gasteiger partial charge on any atom is -0.374 e. The highest BCUT2D eigenvalue weighted by Crippen LogP contribution is 2.41. The third-order valence-corrected chi connectivity index (χ3v) is 9.54. The van der Waals surface area contributed by atoms with Crippen molar-refractivity contribution in [2.45, 2.75) is 56.9 Å². The van der Waals surface area contributed by atoms with Crippen molar-refractivity contribution in [3.8, 4) is 0 Å². The fourth-order valence-electron chi connectivity index (χ4n) is 6.00. The molecule has 1 fully saturated rings. The van der Waals surface area contributed by atoms with E-state index in [-0.39, 0.29) is 0 Å². The Morgan fingerprint density at radius 1 is 0.500 bits per heavy atom. The fraction of sp³-hybridized carbons (Fsp3) is 0.244. The van der Waals surface area contributed by atoms with Gasteiger partial charge in [0.05, 0.1) is 43.3 Å². The molecule has 244 valence electrons. The highest BCUT2D eigenvalue weighted by molar-refractivity contribution is 7.18. The van der Waals surface area contributed by atoms with Crippen molar-refractivity contribution in [3.63, 3.8) is 0 Å². The Labute approximate surface area is 285 Å². The van der Waals surface area contributed by atoms with Crippen LogP contribution in [0.3, 0.4) is 0 Å². The summed E-state index contributed by atoms with van der Waals surface area (Å²) < 4.78 is 35.0. The SMILES string of the molecule is c1ccc(COC[C@H]2O[C@@H](c3nc4ccccc4s3)[C@@H](OCc3ccccc3)[C@@H](OCc3ccccc3)[C@@H]2OCc2ccccc2)cc1. The second-order valence-corrected chi connectivity index (χ2v) is 13.0. The number of benzene rings is 5. The Hall–Kier alpha value is -4.21. The van der Waals surface area contributed by atoms with Crippen molar-refractivity contribution in [2.24, 2.45) is 0 Å². The minimum absolute atomic E-state index is 0.312. The molecule has 0 unspecified atom stereocenters. The predicted molar refractivity (Wildman–Crippen MR) is 188 cm³/mol. The molecule has 5 aromatic carbocycles. The Bertz CT molecular complexity index is 1790. The van der Waals surface area contributed by atoms with Gasteiger partial charge in [-0.25, -0.2) is 4.98 Å². The lowest BCUT2D eigenvalue weighted by Gasteiger charge is -2.45. The first-order chi connectivity index (χ1) is 23.8. The molecule has 1 aromatic heterocycles. The van der Waals surface area contributed by atoms with Crippen LogP contribution in [0.2, 0.25) is 0 Å². The van der Waals surface area contributed by atoms with Gasteiger partial charge in [-0.05, 0) is 34.4 Å². The van der Waals surface area contributed by atoms with Crippen molar-refractivity contribution in [3.05, 3.63) is 173 Å². The van der Waals surface area contributed by atoms with Crippen LogP contribution in [0.1, 0.15) is 33.4 Å². The van der Waals surface area contributed by atoms with Gasteiger partial charge in [0.2, 0.25) is 0 Å². The van der Waals surface area contributed by atoms with E-state index in [1.54, 1.807) is 11.3 Å². The van der Waals surface area contributed by atoms with Gasteiger partial charge in [0.25, 0.3) is 0 Å². The normalized spacial score (nSPS) is 21.0. The molecule has 0 N–H and O–H groups in total. The van der Waals surface area contributed by atoms with E-state index in [4.69, 9.17) is 28.7 Å². The Morgan fingerprint density at radius 3 is 1.50 bits per heavy atom. The highest BCUT2D eigenvalue weighted by Gasteiger charge is 2.50. The van der Waals surface area contributed by atoms with Gasteiger partial charge in [0.15, 0.2) is 0 Å². The second kappa shape index (κ2) is 16.3. The van der Waals surface area contributed by atoms with E-state index in [0.29, 0.717) is 33.0 Å². The third-order valence-electron chi connectivity index (χ3n) is 8.44. The number of thiazole rings is 1. The predicted octanol–water partition coefficient (Wildman–Crippen LogP) is 8.71. The molecule has 1 aliphatic heterocycles. The van der Waals surface area contributed by atoms with Crippen molar-refractivity contribution in [1.82, 2.24) is 4.98 Å². The van der Waals surface area contributed by atoms with Crippen LogP contribution in [0.15, 0.2) is 146 Å². The fourth-order valence-corrected chi connectivity index (χ4v) is 7.04. The molecule has 48 heavy (non-hydrogen) atoms. The van der Waals surface area contributed by atoms with Gasteiger partial charge >= 0.3 is 0 Å². The van der Waals surface area contributed by atoms with Crippen LogP contribution in [0.25, 0.3) is 10.2 Å². The van der Waals surface area contributed by atoms with Crippen LogP contribution in [-0.2, 0) is 50.1 Å². The summed E-state index contributed by atoms with van der Waals surface area (Å²) in [5.74, 6) is 0. The number of para-hydroxylation sites is 1. The number of aromatic nitrogens is 1. The summed E-state index contributed by atoms with van der Waals surface area (Å²) in [6, 6.07) is 49.0. The summed E-state index contributed by atoms with van der Waals surface area (Å²) >= 11 is 1.63.